The first-order chi connectivity index (χ1) is 6.24. The predicted octanol–water partition coefficient (Wildman–Crippen LogP) is 0.477. The van der Waals surface area contributed by atoms with Crippen LogP contribution in [0.3, 0.4) is 0 Å². The van der Waals surface area contributed by atoms with Crippen LogP contribution in [0.5, 0.6) is 0 Å². The van der Waals surface area contributed by atoms with Gasteiger partial charge in [0.1, 0.15) is 19.5 Å². The van der Waals surface area contributed by atoms with Gasteiger partial charge in [0, 0.05) is 28.4 Å². The largest absolute Gasteiger partial charge is 0.359 e. The highest BCUT2D eigenvalue weighted by Crippen LogP contribution is 1.60. The van der Waals surface area contributed by atoms with Gasteiger partial charge in [0.2, 0.25) is 0 Å². The summed E-state index contributed by atoms with van der Waals surface area (Å²) in [4.78, 5) is 8.57. The highest BCUT2D eigenvalue weighted by atomic mass is 16.7. The van der Waals surface area contributed by atoms with E-state index in [2.05, 4.69) is 25.5 Å². The standard InChI is InChI=1S/2C3H8O2.C2H2O/c2*1-4-3-5-2;1-2-3/h2*3H2,1-2H3;1H2. The van der Waals surface area contributed by atoms with E-state index in [1.165, 1.54) is 5.94 Å². The summed E-state index contributed by atoms with van der Waals surface area (Å²) in [6.07, 6.45) is 0. The summed E-state index contributed by atoms with van der Waals surface area (Å²) in [7, 11) is 6.35. The highest BCUT2D eigenvalue weighted by molar-refractivity contribution is 5.38. The van der Waals surface area contributed by atoms with Crippen LogP contribution in [-0.2, 0) is 23.7 Å². The van der Waals surface area contributed by atoms with Crippen molar-refractivity contribution in [1.82, 2.24) is 0 Å². The van der Waals surface area contributed by atoms with Crippen molar-refractivity contribution >= 4 is 5.94 Å². The normalized spacial score (nSPS) is 7.08. The maximum Gasteiger partial charge on any atom is 0.145 e. The monoisotopic (exact) mass is 194 g/mol. The summed E-state index contributed by atoms with van der Waals surface area (Å²) in [5.41, 5.74) is 0. The van der Waals surface area contributed by atoms with Gasteiger partial charge in [0.05, 0.1) is 0 Å². The molecule has 0 radical (unpaired) electrons. The molecular formula is C8H18O5. The quantitative estimate of drug-likeness (QED) is 0.481. The van der Waals surface area contributed by atoms with Crippen LogP contribution in [0.4, 0.5) is 0 Å². The molecule has 80 valence electrons. The zero-order chi connectivity index (χ0) is 10.9. The van der Waals surface area contributed by atoms with Gasteiger partial charge in [-0.3, -0.25) is 0 Å². The van der Waals surface area contributed by atoms with Crippen LogP contribution >= 0.6 is 0 Å². The Morgan fingerprint density at radius 3 is 1.08 bits per heavy atom. The molecule has 0 atom stereocenters. The number of hydrogen-bond donors (Lipinski definition) is 0. The third-order valence-corrected chi connectivity index (χ3v) is 0.471. The van der Waals surface area contributed by atoms with Crippen LogP contribution in [0, 0.1) is 0 Å². The van der Waals surface area contributed by atoms with Gasteiger partial charge in [0.15, 0.2) is 0 Å². The molecule has 0 fully saturated rings. The minimum Gasteiger partial charge on any atom is -0.359 e. The maximum absolute atomic E-state index is 8.57. The Morgan fingerprint density at radius 2 is 1.08 bits per heavy atom. The third kappa shape index (κ3) is 90.0. The molecule has 0 rings (SSSR count). The average Bonchev–Trinajstić information content (AvgIpc) is 2.09. The fourth-order valence-corrected chi connectivity index (χ4v) is 0.236. The predicted molar refractivity (Wildman–Crippen MR) is 49.1 cm³/mol. The van der Waals surface area contributed by atoms with Gasteiger partial charge in [-0.2, -0.15) is 0 Å². The highest BCUT2D eigenvalue weighted by Gasteiger charge is 1.63. The molecule has 0 N–H and O–H groups in total. The number of ether oxygens (including phenoxy) is 4. The molecule has 0 aromatic rings. The molecule has 5 nitrogen and oxygen atoms in total. The summed E-state index contributed by atoms with van der Waals surface area (Å²) in [6, 6.07) is 0. The number of rotatable bonds is 4. The SMILES string of the molecule is C=C=O.COCOC.COCOC. The van der Waals surface area contributed by atoms with E-state index in [4.69, 9.17) is 4.79 Å². The lowest BCUT2D eigenvalue weighted by Gasteiger charge is -1.87. The Hall–Kier alpha value is -0.710. The fraction of sp³-hybridized carbons (Fsp3) is 0.750. The van der Waals surface area contributed by atoms with Crippen molar-refractivity contribution < 1.29 is 23.7 Å². The van der Waals surface area contributed by atoms with Crippen LogP contribution in [0.1, 0.15) is 0 Å². The number of methoxy groups -OCH3 is 4. The summed E-state index contributed by atoms with van der Waals surface area (Å²) < 4.78 is 17.9. The van der Waals surface area contributed by atoms with Gasteiger partial charge in [-0.1, -0.05) is 0 Å². The van der Waals surface area contributed by atoms with Crippen LogP contribution in [0.2, 0.25) is 0 Å². The van der Waals surface area contributed by atoms with Crippen LogP contribution in [-0.4, -0.2) is 48.0 Å². The summed E-state index contributed by atoms with van der Waals surface area (Å²) in [6.45, 7) is 3.46. The van der Waals surface area contributed by atoms with Crippen molar-refractivity contribution in [2.24, 2.45) is 0 Å². The van der Waals surface area contributed by atoms with E-state index in [1.807, 2.05) is 0 Å². The molecule has 0 aromatic heterocycles. The molecule has 0 saturated carbocycles. The van der Waals surface area contributed by atoms with E-state index < -0.39 is 0 Å². The Labute approximate surface area is 79.2 Å². The molecule has 0 amide bonds. The van der Waals surface area contributed by atoms with E-state index in [0.717, 1.165) is 0 Å². The number of carbonyl (C=O) groups excluding carboxylic acids is 1. The average molecular weight is 194 g/mol. The Kier molecular flexibility index (Phi) is 42.2. The van der Waals surface area contributed by atoms with Gasteiger partial charge < -0.3 is 18.9 Å². The first-order valence-electron chi connectivity index (χ1n) is 3.35. The van der Waals surface area contributed by atoms with E-state index in [0.29, 0.717) is 13.6 Å². The molecule has 0 bridgehead atoms. The zero-order valence-electron chi connectivity index (χ0n) is 8.66. The summed E-state index contributed by atoms with van der Waals surface area (Å²) in [5, 5.41) is 0. The van der Waals surface area contributed by atoms with E-state index in [9.17, 15) is 0 Å². The van der Waals surface area contributed by atoms with Gasteiger partial charge in [-0.05, 0) is 6.58 Å². The lowest BCUT2D eigenvalue weighted by Crippen LogP contribution is -1.87. The molecule has 0 heterocycles. The summed E-state index contributed by atoms with van der Waals surface area (Å²) >= 11 is 0. The minimum atomic E-state index is 0.389. The van der Waals surface area contributed by atoms with Crippen molar-refractivity contribution in [3.05, 3.63) is 6.58 Å². The molecule has 0 spiro atoms. The van der Waals surface area contributed by atoms with Crippen molar-refractivity contribution in [1.29, 1.82) is 0 Å². The second-order valence-corrected chi connectivity index (χ2v) is 1.53. The molecule has 13 heavy (non-hydrogen) atoms. The molecule has 0 aliphatic rings. The van der Waals surface area contributed by atoms with Crippen molar-refractivity contribution in [3.63, 3.8) is 0 Å². The first-order valence-corrected chi connectivity index (χ1v) is 3.35. The van der Waals surface area contributed by atoms with Crippen molar-refractivity contribution in [2.45, 2.75) is 0 Å². The smallest absolute Gasteiger partial charge is 0.145 e. The van der Waals surface area contributed by atoms with Gasteiger partial charge >= 0.3 is 0 Å². The van der Waals surface area contributed by atoms with Crippen molar-refractivity contribution in [3.8, 4) is 0 Å². The second kappa shape index (κ2) is 30.2. The van der Waals surface area contributed by atoms with Crippen LogP contribution in [0.15, 0.2) is 6.58 Å². The van der Waals surface area contributed by atoms with E-state index in [1.54, 1.807) is 28.4 Å². The minimum absolute atomic E-state index is 0.389. The van der Waals surface area contributed by atoms with Gasteiger partial charge in [0.25, 0.3) is 0 Å². The molecule has 0 aliphatic carbocycles. The molecule has 5 heteroatoms. The summed E-state index contributed by atoms with van der Waals surface area (Å²) in [5.74, 6) is 1.25. The van der Waals surface area contributed by atoms with Crippen LogP contribution in [0.25, 0.3) is 0 Å². The van der Waals surface area contributed by atoms with E-state index in [-0.39, 0.29) is 0 Å². The Bertz CT molecular complexity index is 78.5. The fourth-order valence-electron chi connectivity index (χ4n) is 0.236. The lowest BCUT2D eigenvalue weighted by molar-refractivity contribution is -0.00282. The molecule has 0 aromatic carbocycles. The van der Waals surface area contributed by atoms with E-state index >= 15 is 0 Å². The second-order valence-electron chi connectivity index (χ2n) is 1.53. The topological polar surface area (TPSA) is 54.0 Å². The van der Waals surface area contributed by atoms with Crippen LogP contribution < -0.4 is 0 Å². The molecular weight excluding hydrogens is 176 g/mol. The first kappa shape index (κ1) is 18.2. The molecule has 0 aliphatic heterocycles. The molecule has 0 unspecified atom stereocenters. The van der Waals surface area contributed by atoms with Gasteiger partial charge in [-0.25, -0.2) is 4.79 Å². The molecule has 0 saturated heterocycles. The third-order valence-electron chi connectivity index (χ3n) is 0.471. The zero-order valence-corrected chi connectivity index (χ0v) is 8.66. The maximum atomic E-state index is 8.57. The lowest BCUT2D eigenvalue weighted by atomic mass is 11.2. The number of hydrogen-bond acceptors (Lipinski definition) is 5. The Morgan fingerprint density at radius 1 is 0.923 bits per heavy atom. The van der Waals surface area contributed by atoms with Crippen molar-refractivity contribution in [2.75, 3.05) is 42.0 Å². The Balaban J connectivity index is -0.000000120. The van der Waals surface area contributed by atoms with Gasteiger partial charge in [-0.15, -0.1) is 0 Å².